The molecule has 0 aliphatic heterocycles. The number of guanidine groups is 1. The molecule has 2 rings (SSSR count). The SMILES string of the molecule is CCOc1ccccc1CNC(=NC)NCc1nccn1C(F)F. The van der Waals surface area contributed by atoms with Gasteiger partial charge in [0.2, 0.25) is 0 Å². The van der Waals surface area contributed by atoms with Crippen molar-refractivity contribution in [3.8, 4) is 5.75 Å². The zero-order valence-electron chi connectivity index (χ0n) is 13.7. The number of aliphatic imine (C=N–C) groups is 1. The zero-order valence-corrected chi connectivity index (χ0v) is 13.7. The van der Waals surface area contributed by atoms with Crippen molar-refractivity contribution in [3.05, 3.63) is 48.0 Å². The van der Waals surface area contributed by atoms with Gasteiger partial charge in [0.15, 0.2) is 5.96 Å². The molecule has 0 bridgehead atoms. The second-order valence-corrected chi connectivity index (χ2v) is 4.85. The molecule has 0 radical (unpaired) electrons. The number of ether oxygens (including phenoxy) is 1. The lowest BCUT2D eigenvalue weighted by atomic mass is 10.2. The predicted molar refractivity (Wildman–Crippen MR) is 88.1 cm³/mol. The first-order valence-corrected chi connectivity index (χ1v) is 7.60. The molecule has 0 atom stereocenters. The van der Waals surface area contributed by atoms with Gasteiger partial charge in [-0.15, -0.1) is 0 Å². The predicted octanol–water partition coefficient (Wildman–Crippen LogP) is 2.54. The molecular formula is C16H21F2N5O. The highest BCUT2D eigenvalue weighted by molar-refractivity contribution is 5.79. The third-order valence-corrected chi connectivity index (χ3v) is 3.32. The van der Waals surface area contributed by atoms with Gasteiger partial charge in [-0.3, -0.25) is 9.56 Å². The molecule has 0 aliphatic rings. The Balaban J connectivity index is 1.92. The van der Waals surface area contributed by atoms with Crippen molar-refractivity contribution in [2.75, 3.05) is 13.7 Å². The van der Waals surface area contributed by atoms with Gasteiger partial charge in [-0.1, -0.05) is 18.2 Å². The number of alkyl halides is 2. The number of nitrogens with zero attached hydrogens (tertiary/aromatic N) is 3. The van der Waals surface area contributed by atoms with Crippen molar-refractivity contribution in [1.82, 2.24) is 20.2 Å². The average Bonchev–Trinajstić information content (AvgIpc) is 3.05. The normalized spacial score (nSPS) is 11.6. The summed E-state index contributed by atoms with van der Waals surface area (Å²) in [6.07, 6.45) is 2.59. The molecule has 8 heteroatoms. The van der Waals surface area contributed by atoms with Crippen LogP contribution in [0.5, 0.6) is 5.75 Å². The maximum Gasteiger partial charge on any atom is 0.319 e. The molecule has 1 aromatic carbocycles. The van der Waals surface area contributed by atoms with Gasteiger partial charge in [0.05, 0.1) is 13.2 Å². The fourth-order valence-corrected chi connectivity index (χ4v) is 2.17. The van der Waals surface area contributed by atoms with Gasteiger partial charge in [0.25, 0.3) is 0 Å². The van der Waals surface area contributed by atoms with Gasteiger partial charge in [-0.25, -0.2) is 4.98 Å². The van der Waals surface area contributed by atoms with Crippen molar-refractivity contribution >= 4 is 5.96 Å². The molecule has 0 saturated heterocycles. The van der Waals surface area contributed by atoms with Crippen LogP contribution in [0.2, 0.25) is 0 Å². The second kappa shape index (κ2) is 8.85. The molecule has 24 heavy (non-hydrogen) atoms. The standard InChI is InChI=1S/C16H21F2N5O/c1-3-24-13-7-5-4-6-12(13)10-21-16(19-2)22-11-14-20-8-9-23(14)15(17)18/h4-9,15H,3,10-11H2,1-2H3,(H2,19,21,22). The number of nitrogens with one attached hydrogen (secondary N) is 2. The fraction of sp³-hybridized carbons (Fsp3) is 0.375. The maximum absolute atomic E-state index is 12.8. The summed E-state index contributed by atoms with van der Waals surface area (Å²) in [6.45, 7) is 0.539. The Hall–Kier alpha value is -2.64. The molecule has 2 aromatic rings. The summed E-state index contributed by atoms with van der Waals surface area (Å²) >= 11 is 0. The molecule has 0 saturated carbocycles. The minimum atomic E-state index is -2.61. The van der Waals surface area contributed by atoms with E-state index < -0.39 is 6.55 Å². The quantitative estimate of drug-likeness (QED) is 0.602. The summed E-state index contributed by atoms with van der Waals surface area (Å²) < 4.78 is 32.0. The van der Waals surface area contributed by atoms with E-state index in [1.54, 1.807) is 7.05 Å². The molecule has 1 heterocycles. The number of rotatable bonds is 7. The number of imidazole rings is 1. The maximum atomic E-state index is 12.8. The Bertz CT molecular complexity index is 672. The summed E-state index contributed by atoms with van der Waals surface area (Å²) in [5.74, 6) is 1.53. The Morgan fingerprint density at radius 1 is 1.29 bits per heavy atom. The zero-order chi connectivity index (χ0) is 17.4. The number of halogens is 2. The van der Waals surface area contributed by atoms with Crippen LogP contribution in [0.25, 0.3) is 0 Å². The molecule has 0 unspecified atom stereocenters. The van der Waals surface area contributed by atoms with E-state index >= 15 is 0 Å². The molecule has 0 aliphatic carbocycles. The molecule has 0 amide bonds. The molecule has 6 nitrogen and oxygen atoms in total. The van der Waals surface area contributed by atoms with E-state index in [0.29, 0.717) is 19.1 Å². The largest absolute Gasteiger partial charge is 0.494 e. The number of benzene rings is 1. The Kier molecular flexibility index (Phi) is 6.53. The number of para-hydroxylation sites is 1. The minimum Gasteiger partial charge on any atom is -0.494 e. The molecule has 130 valence electrons. The Morgan fingerprint density at radius 3 is 2.75 bits per heavy atom. The molecule has 2 N–H and O–H groups in total. The third-order valence-electron chi connectivity index (χ3n) is 3.32. The average molecular weight is 337 g/mol. The Labute approximate surface area is 139 Å². The van der Waals surface area contributed by atoms with E-state index in [0.717, 1.165) is 15.9 Å². The highest BCUT2D eigenvalue weighted by Gasteiger charge is 2.11. The van der Waals surface area contributed by atoms with E-state index in [2.05, 4.69) is 20.6 Å². The van der Waals surface area contributed by atoms with Crippen molar-refractivity contribution < 1.29 is 13.5 Å². The van der Waals surface area contributed by atoms with E-state index in [4.69, 9.17) is 4.74 Å². The van der Waals surface area contributed by atoms with E-state index in [9.17, 15) is 8.78 Å². The monoisotopic (exact) mass is 337 g/mol. The third kappa shape index (κ3) is 4.68. The summed E-state index contributed by atoms with van der Waals surface area (Å²) in [5.41, 5.74) is 0.983. The highest BCUT2D eigenvalue weighted by atomic mass is 19.3. The summed E-state index contributed by atoms with van der Waals surface area (Å²) in [6, 6.07) is 7.69. The number of aromatic nitrogens is 2. The first-order valence-electron chi connectivity index (χ1n) is 7.60. The molecule has 1 aromatic heterocycles. The van der Waals surface area contributed by atoms with E-state index in [1.807, 2.05) is 31.2 Å². The van der Waals surface area contributed by atoms with Crippen LogP contribution < -0.4 is 15.4 Å². The van der Waals surface area contributed by atoms with Gasteiger partial charge in [-0.05, 0) is 13.0 Å². The lowest BCUT2D eigenvalue weighted by Gasteiger charge is -2.14. The van der Waals surface area contributed by atoms with E-state index in [1.165, 1.54) is 12.4 Å². The summed E-state index contributed by atoms with van der Waals surface area (Å²) in [4.78, 5) is 8.00. The first-order chi connectivity index (χ1) is 11.7. The summed E-state index contributed by atoms with van der Waals surface area (Å²) in [5, 5.41) is 6.10. The fourth-order valence-electron chi connectivity index (χ4n) is 2.17. The molecule has 0 fully saturated rings. The van der Waals surface area contributed by atoms with Gasteiger partial charge < -0.3 is 15.4 Å². The summed E-state index contributed by atoms with van der Waals surface area (Å²) in [7, 11) is 1.61. The van der Waals surface area contributed by atoms with Crippen molar-refractivity contribution in [3.63, 3.8) is 0 Å². The van der Waals surface area contributed by atoms with Crippen LogP contribution in [0, 0.1) is 0 Å². The van der Waals surface area contributed by atoms with Crippen LogP contribution in [0.15, 0.2) is 41.7 Å². The first kappa shape index (κ1) is 17.7. The van der Waals surface area contributed by atoms with Crippen LogP contribution in [0.1, 0.15) is 24.9 Å². The smallest absolute Gasteiger partial charge is 0.319 e. The van der Waals surface area contributed by atoms with Crippen LogP contribution in [-0.2, 0) is 13.1 Å². The molecular weight excluding hydrogens is 316 g/mol. The van der Waals surface area contributed by atoms with Crippen molar-refractivity contribution in [2.45, 2.75) is 26.6 Å². The number of hydrogen-bond acceptors (Lipinski definition) is 3. The van der Waals surface area contributed by atoms with Crippen LogP contribution in [-0.4, -0.2) is 29.2 Å². The van der Waals surface area contributed by atoms with Gasteiger partial charge >= 0.3 is 6.55 Å². The van der Waals surface area contributed by atoms with Crippen LogP contribution in [0.3, 0.4) is 0 Å². The van der Waals surface area contributed by atoms with E-state index in [-0.39, 0.29) is 12.4 Å². The molecule has 0 spiro atoms. The number of hydrogen-bond donors (Lipinski definition) is 2. The van der Waals surface area contributed by atoms with Gasteiger partial charge in [0, 0.05) is 31.5 Å². The Morgan fingerprint density at radius 2 is 2.04 bits per heavy atom. The lowest BCUT2D eigenvalue weighted by Crippen LogP contribution is -2.37. The van der Waals surface area contributed by atoms with Crippen molar-refractivity contribution in [1.29, 1.82) is 0 Å². The highest BCUT2D eigenvalue weighted by Crippen LogP contribution is 2.17. The van der Waals surface area contributed by atoms with Crippen LogP contribution >= 0.6 is 0 Å². The van der Waals surface area contributed by atoms with Crippen LogP contribution in [0.4, 0.5) is 8.78 Å². The second-order valence-electron chi connectivity index (χ2n) is 4.85. The minimum absolute atomic E-state index is 0.143. The lowest BCUT2D eigenvalue weighted by molar-refractivity contribution is 0.0668. The topological polar surface area (TPSA) is 63.5 Å². The van der Waals surface area contributed by atoms with Gasteiger partial charge in [0.1, 0.15) is 11.6 Å². The van der Waals surface area contributed by atoms with Gasteiger partial charge in [-0.2, -0.15) is 8.78 Å². The van der Waals surface area contributed by atoms with Crippen molar-refractivity contribution in [2.24, 2.45) is 4.99 Å².